The first-order valence-corrected chi connectivity index (χ1v) is 6.63. The van der Waals surface area contributed by atoms with E-state index in [-0.39, 0.29) is 0 Å². The summed E-state index contributed by atoms with van der Waals surface area (Å²) >= 11 is 0. The SMILES string of the molecule is CCCCn1nc(C)c2[nH]c(-c3cccnc3)nc21. The topological polar surface area (TPSA) is 59.4 Å². The van der Waals surface area contributed by atoms with Gasteiger partial charge in [0, 0.05) is 24.5 Å². The van der Waals surface area contributed by atoms with Gasteiger partial charge in [-0.05, 0) is 25.5 Å². The van der Waals surface area contributed by atoms with Crippen LogP contribution < -0.4 is 0 Å². The molecule has 0 aliphatic rings. The summed E-state index contributed by atoms with van der Waals surface area (Å²) in [5.41, 5.74) is 3.95. The molecule has 0 fully saturated rings. The van der Waals surface area contributed by atoms with E-state index < -0.39 is 0 Å². The van der Waals surface area contributed by atoms with Gasteiger partial charge in [0.15, 0.2) is 5.65 Å². The fourth-order valence-corrected chi connectivity index (χ4v) is 2.18. The lowest BCUT2D eigenvalue weighted by Gasteiger charge is -1.99. The minimum atomic E-state index is 0.855. The summed E-state index contributed by atoms with van der Waals surface area (Å²) in [5, 5.41) is 4.53. The first-order valence-electron chi connectivity index (χ1n) is 6.63. The number of aromatic nitrogens is 5. The Morgan fingerprint density at radius 2 is 2.26 bits per heavy atom. The van der Waals surface area contributed by atoms with E-state index >= 15 is 0 Å². The summed E-state index contributed by atoms with van der Waals surface area (Å²) in [6.45, 7) is 5.10. The van der Waals surface area contributed by atoms with Crippen molar-refractivity contribution in [1.82, 2.24) is 24.7 Å². The lowest BCUT2D eigenvalue weighted by Crippen LogP contribution is -2.00. The Labute approximate surface area is 111 Å². The Bertz CT molecular complexity index is 680. The third-order valence-corrected chi connectivity index (χ3v) is 3.22. The minimum Gasteiger partial charge on any atom is -0.335 e. The molecular weight excluding hydrogens is 238 g/mol. The normalized spacial score (nSPS) is 11.3. The molecule has 3 aromatic rings. The molecule has 0 bridgehead atoms. The molecule has 0 aliphatic carbocycles. The highest BCUT2D eigenvalue weighted by atomic mass is 15.3. The maximum atomic E-state index is 4.66. The summed E-state index contributed by atoms with van der Waals surface area (Å²) < 4.78 is 1.99. The molecule has 0 aliphatic heterocycles. The Morgan fingerprint density at radius 3 is 3.00 bits per heavy atom. The van der Waals surface area contributed by atoms with Gasteiger partial charge in [-0.2, -0.15) is 5.10 Å². The van der Waals surface area contributed by atoms with E-state index in [2.05, 4.69) is 27.0 Å². The zero-order valence-corrected chi connectivity index (χ0v) is 11.2. The van der Waals surface area contributed by atoms with Crippen molar-refractivity contribution >= 4 is 11.2 Å². The summed E-state index contributed by atoms with van der Waals surface area (Å²) in [5.74, 6) is 0.855. The van der Waals surface area contributed by atoms with E-state index in [0.29, 0.717) is 0 Å². The maximum Gasteiger partial charge on any atom is 0.177 e. The highest BCUT2D eigenvalue weighted by Gasteiger charge is 2.13. The first kappa shape index (κ1) is 11.9. The zero-order chi connectivity index (χ0) is 13.2. The van der Waals surface area contributed by atoms with Gasteiger partial charge in [-0.1, -0.05) is 13.3 Å². The Hall–Kier alpha value is -2.17. The second-order valence-corrected chi connectivity index (χ2v) is 4.69. The number of hydrogen-bond donors (Lipinski definition) is 1. The van der Waals surface area contributed by atoms with Gasteiger partial charge in [0.05, 0.1) is 5.69 Å². The van der Waals surface area contributed by atoms with Crippen LogP contribution in [0.2, 0.25) is 0 Å². The van der Waals surface area contributed by atoms with Gasteiger partial charge in [0.25, 0.3) is 0 Å². The number of aryl methyl sites for hydroxylation is 2. The second kappa shape index (κ2) is 4.84. The standard InChI is InChI=1S/C14H17N5/c1-3-4-8-19-14-12(10(2)18-19)16-13(17-14)11-6-5-7-15-9-11/h5-7,9H,3-4,8H2,1-2H3,(H,16,17). The smallest absolute Gasteiger partial charge is 0.177 e. The molecule has 5 nitrogen and oxygen atoms in total. The van der Waals surface area contributed by atoms with Crippen LogP contribution in [0.5, 0.6) is 0 Å². The summed E-state index contributed by atoms with van der Waals surface area (Å²) in [7, 11) is 0. The molecule has 1 N–H and O–H groups in total. The van der Waals surface area contributed by atoms with Crippen LogP contribution in [0.15, 0.2) is 24.5 Å². The van der Waals surface area contributed by atoms with Gasteiger partial charge < -0.3 is 4.98 Å². The third-order valence-electron chi connectivity index (χ3n) is 3.22. The van der Waals surface area contributed by atoms with Crippen molar-refractivity contribution < 1.29 is 0 Å². The predicted molar refractivity (Wildman–Crippen MR) is 74.8 cm³/mol. The minimum absolute atomic E-state index is 0.855. The Morgan fingerprint density at radius 1 is 1.37 bits per heavy atom. The molecule has 5 heteroatoms. The van der Waals surface area contributed by atoms with Crippen LogP contribution in [0.3, 0.4) is 0 Å². The molecule has 19 heavy (non-hydrogen) atoms. The number of fused-ring (bicyclic) bond motifs is 1. The Kier molecular flexibility index (Phi) is 3.03. The summed E-state index contributed by atoms with van der Waals surface area (Å²) in [4.78, 5) is 12.1. The van der Waals surface area contributed by atoms with Crippen LogP contribution in [-0.2, 0) is 6.54 Å². The van der Waals surface area contributed by atoms with Crippen molar-refractivity contribution in [1.29, 1.82) is 0 Å². The summed E-state index contributed by atoms with van der Waals surface area (Å²) in [6, 6.07) is 3.92. The third kappa shape index (κ3) is 2.12. The highest BCUT2D eigenvalue weighted by molar-refractivity contribution is 5.78. The maximum absolute atomic E-state index is 4.66. The molecule has 0 unspecified atom stereocenters. The number of nitrogens with one attached hydrogen (secondary N) is 1. The molecule has 0 atom stereocenters. The van der Waals surface area contributed by atoms with Crippen molar-refractivity contribution in [3.63, 3.8) is 0 Å². The quantitative estimate of drug-likeness (QED) is 0.779. The molecule has 3 heterocycles. The average Bonchev–Trinajstić information content (AvgIpc) is 2.99. The van der Waals surface area contributed by atoms with Crippen LogP contribution in [0.1, 0.15) is 25.5 Å². The predicted octanol–water partition coefficient (Wildman–Crippen LogP) is 2.93. The number of aromatic amines is 1. The molecule has 98 valence electrons. The van der Waals surface area contributed by atoms with E-state index in [9.17, 15) is 0 Å². The average molecular weight is 255 g/mol. The van der Waals surface area contributed by atoms with Crippen LogP contribution in [0.4, 0.5) is 0 Å². The molecule has 0 spiro atoms. The van der Waals surface area contributed by atoms with Crippen LogP contribution in [0.25, 0.3) is 22.6 Å². The van der Waals surface area contributed by atoms with Crippen molar-refractivity contribution in [3.8, 4) is 11.4 Å². The van der Waals surface area contributed by atoms with E-state index in [1.54, 1.807) is 6.20 Å². The van der Waals surface area contributed by atoms with E-state index in [1.807, 2.05) is 29.9 Å². The Balaban J connectivity index is 2.05. The number of unbranched alkanes of at least 4 members (excludes halogenated alkanes) is 1. The number of nitrogens with zero attached hydrogens (tertiary/aromatic N) is 4. The lowest BCUT2D eigenvalue weighted by atomic mass is 10.3. The van der Waals surface area contributed by atoms with Gasteiger partial charge in [-0.25, -0.2) is 9.67 Å². The number of rotatable bonds is 4. The van der Waals surface area contributed by atoms with Gasteiger partial charge in [-0.15, -0.1) is 0 Å². The van der Waals surface area contributed by atoms with E-state index in [4.69, 9.17) is 0 Å². The molecule has 0 amide bonds. The number of H-pyrrole nitrogens is 1. The number of hydrogen-bond acceptors (Lipinski definition) is 3. The highest BCUT2D eigenvalue weighted by Crippen LogP contribution is 2.22. The fourth-order valence-electron chi connectivity index (χ4n) is 2.18. The van der Waals surface area contributed by atoms with Crippen molar-refractivity contribution in [2.24, 2.45) is 0 Å². The number of imidazole rings is 1. The van der Waals surface area contributed by atoms with Crippen LogP contribution >= 0.6 is 0 Å². The summed E-state index contributed by atoms with van der Waals surface area (Å²) in [6.07, 6.45) is 5.85. The molecule has 0 saturated heterocycles. The molecule has 3 rings (SSSR count). The van der Waals surface area contributed by atoms with Gasteiger partial charge >= 0.3 is 0 Å². The van der Waals surface area contributed by atoms with Crippen molar-refractivity contribution in [2.45, 2.75) is 33.2 Å². The van der Waals surface area contributed by atoms with Crippen LogP contribution in [0, 0.1) is 6.92 Å². The fraction of sp³-hybridized carbons (Fsp3) is 0.357. The molecule has 0 aromatic carbocycles. The van der Waals surface area contributed by atoms with Gasteiger partial charge in [-0.3, -0.25) is 4.98 Å². The van der Waals surface area contributed by atoms with Crippen molar-refractivity contribution in [2.75, 3.05) is 0 Å². The monoisotopic (exact) mass is 255 g/mol. The lowest BCUT2D eigenvalue weighted by molar-refractivity contribution is 0.580. The zero-order valence-electron chi connectivity index (χ0n) is 11.2. The van der Waals surface area contributed by atoms with E-state index in [1.165, 1.54) is 0 Å². The molecular formula is C14H17N5. The molecule has 3 aromatic heterocycles. The molecule has 0 radical (unpaired) electrons. The first-order chi connectivity index (χ1) is 9.29. The number of pyridine rings is 1. The van der Waals surface area contributed by atoms with Crippen molar-refractivity contribution in [3.05, 3.63) is 30.2 Å². The van der Waals surface area contributed by atoms with E-state index in [0.717, 1.165) is 47.6 Å². The second-order valence-electron chi connectivity index (χ2n) is 4.69. The van der Waals surface area contributed by atoms with Crippen LogP contribution in [-0.4, -0.2) is 24.7 Å². The largest absolute Gasteiger partial charge is 0.335 e. The van der Waals surface area contributed by atoms with Gasteiger partial charge in [0.1, 0.15) is 11.3 Å². The van der Waals surface area contributed by atoms with Gasteiger partial charge in [0.2, 0.25) is 0 Å². The molecule has 0 saturated carbocycles.